The Bertz CT molecular complexity index is 717. The van der Waals surface area contributed by atoms with Gasteiger partial charge in [0.25, 0.3) is 5.91 Å². The number of aromatic nitrogens is 2. The summed E-state index contributed by atoms with van der Waals surface area (Å²) in [6, 6.07) is 11.4. The molecule has 5 nitrogen and oxygen atoms in total. The summed E-state index contributed by atoms with van der Waals surface area (Å²) in [4.78, 5) is 12.4. The molecular formula is C14H11N3O2S. The summed E-state index contributed by atoms with van der Waals surface area (Å²) in [7, 11) is 0. The molecule has 1 N–H and O–H groups in total. The maximum absolute atomic E-state index is 11.8. The standard InChI is InChI=1S/C14H11N3O2S/c1-9-4-6-10(7-5-9)13-16-17-14(19-13)15-12(18)11-3-2-8-20-11/h2-8H,1H3,(H,15,17,18). The lowest BCUT2D eigenvalue weighted by Crippen LogP contribution is -2.10. The first-order valence-electron chi connectivity index (χ1n) is 5.98. The first kappa shape index (κ1) is 12.6. The number of aryl methyl sites for hydroxylation is 1. The monoisotopic (exact) mass is 285 g/mol. The van der Waals surface area contributed by atoms with Crippen molar-refractivity contribution in [3.05, 3.63) is 52.2 Å². The number of nitrogens with zero attached hydrogens (tertiary/aromatic N) is 2. The first-order valence-corrected chi connectivity index (χ1v) is 6.86. The highest BCUT2D eigenvalue weighted by Crippen LogP contribution is 2.20. The Balaban J connectivity index is 1.77. The van der Waals surface area contributed by atoms with Crippen molar-refractivity contribution in [3.63, 3.8) is 0 Å². The van der Waals surface area contributed by atoms with E-state index >= 15 is 0 Å². The van der Waals surface area contributed by atoms with Gasteiger partial charge in [-0.15, -0.1) is 16.4 Å². The first-order chi connectivity index (χ1) is 9.72. The second kappa shape index (κ2) is 5.26. The van der Waals surface area contributed by atoms with Crippen LogP contribution in [0.1, 0.15) is 15.2 Å². The Labute approximate surface area is 119 Å². The van der Waals surface area contributed by atoms with Crippen LogP contribution in [-0.2, 0) is 0 Å². The molecule has 1 aromatic carbocycles. The molecule has 0 aliphatic heterocycles. The van der Waals surface area contributed by atoms with Gasteiger partial charge in [-0.3, -0.25) is 10.1 Å². The van der Waals surface area contributed by atoms with Gasteiger partial charge in [-0.1, -0.05) is 28.9 Å². The van der Waals surface area contributed by atoms with Crippen LogP contribution < -0.4 is 5.32 Å². The lowest BCUT2D eigenvalue weighted by Gasteiger charge is -1.97. The van der Waals surface area contributed by atoms with Crippen molar-refractivity contribution >= 4 is 23.3 Å². The van der Waals surface area contributed by atoms with Crippen molar-refractivity contribution < 1.29 is 9.21 Å². The van der Waals surface area contributed by atoms with Crippen molar-refractivity contribution in [2.75, 3.05) is 5.32 Å². The van der Waals surface area contributed by atoms with Crippen LogP contribution >= 0.6 is 11.3 Å². The molecule has 6 heteroatoms. The van der Waals surface area contributed by atoms with E-state index in [1.54, 1.807) is 6.07 Å². The molecule has 0 unspecified atom stereocenters. The zero-order valence-corrected chi connectivity index (χ0v) is 11.5. The second-order valence-electron chi connectivity index (χ2n) is 4.21. The van der Waals surface area contributed by atoms with E-state index in [4.69, 9.17) is 4.42 Å². The molecule has 3 rings (SSSR count). The number of thiophene rings is 1. The molecule has 2 aromatic heterocycles. The predicted molar refractivity (Wildman–Crippen MR) is 76.7 cm³/mol. The molecule has 1 amide bonds. The minimum Gasteiger partial charge on any atom is -0.403 e. The summed E-state index contributed by atoms with van der Waals surface area (Å²) in [5.74, 6) is 0.130. The van der Waals surface area contributed by atoms with Gasteiger partial charge in [0.2, 0.25) is 5.89 Å². The molecule has 0 aliphatic rings. The van der Waals surface area contributed by atoms with Gasteiger partial charge in [0.05, 0.1) is 4.88 Å². The van der Waals surface area contributed by atoms with Gasteiger partial charge in [0.15, 0.2) is 0 Å². The molecule has 3 aromatic rings. The molecule has 0 spiro atoms. The number of carbonyl (C=O) groups is 1. The normalized spacial score (nSPS) is 10.4. The molecule has 0 aliphatic carbocycles. The minimum atomic E-state index is -0.251. The number of nitrogens with one attached hydrogen (secondary N) is 1. The van der Waals surface area contributed by atoms with Gasteiger partial charge in [-0.25, -0.2) is 0 Å². The maximum Gasteiger partial charge on any atom is 0.322 e. The number of rotatable bonds is 3. The highest BCUT2D eigenvalue weighted by molar-refractivity contribution is 7.12. The Morgan fingerprint density at radius 2 is 2.00 bits per heavy atom. The highest BCUT2D eigenvalue weighted by atomic mass is 32.1. The van der Waals surface area contributed by atoms with Crippen LogP contribution in [0.15, 0.2) is 46.2 Å². The Morgan fingerprint density at radius 1 is 1.20 bits per heavy atom. The van der Waals surface area contributed by atoms with Gasteiger partial charge in [-0.05, 0) is 30.5 Å². The lowest BCUT2D eigenvalue weighted by molar-refractivity contribution is 0.102. The zero-order chi connectivity index (χ0) is 13.9. The topological polar surface area (TPSA) is 68.0 Å². The third-order valence-electron chi connectivity index (χ3n) is 2.69. The SMILES string of the molecule is Cc1ccc(-c2nnc(NC(=O)c3cccs3)o2)cc1. The van der Waals surface area contributed by atoms with Crippen molar-refractivity contribution in [2.45, 2.75) is 6.92 Å². The summed E-state index contributed by atoms with van der Waals surface area (Å²) < 4.78 is 5.43. The molecular weight excluding hydrogens is 274 g/mol. The maximum atomic E-state index is 11.8. The smallest absolute Gasteiger partial charge is 0.322 e. The fraction of sp³-hybridized carbons (Fsp3) is 0.0714. The Morgan fingerprint density at radius 3 is 2.70 bits per heavy atom. The quantitative estimate of drug-likeness (QED) is 0.801. The van der Waals surface area contributed by atoms with Crippen LogP contribution in [0, 0.1) is 6.92 Å². The Kier molecular flexibility index (Phi) is 3.30. The summed E-state index contributed by atoms with van der Waals surface area (Å²) in [5.41, 5.74) is 1.97. The number of hydrogen-bond acceptors (Lipinski definition) is 5. The second-order valence-corrected chi connectivity index (χ2v) is 5.16. The minimum absolute atomic E-state index is 0.0963. The zero-order valence-electron chi connectivity index (χ0n) is 10.7. The number of benzene rings is 1. The summed E-state index contributed by atoms with van der Waals surface area (Å²) in [5, 5.41) is 12.2. The van der Waals surface area contributed by atoms with Gasteiger partial charge < -0.3 is 4.42 Å². The van der Waals surface area contributed by atoms with Crippen LogP contribution in [-0.4, -0.2) is 16.1 Å². The molecule has 0 saturated carbocycles. The average molecular weight is 285 g/mol. The van der Waals surface area contributed by atoms with Crippen LogP contribution in [0.5, 0.6) is 0 Å². The molecule has 0 radical (unpaired) electrons. The number of hydrogen-bond donors (Lipinski definition) is 1. The number of anilines is 1. The highest BCUT2D eigenvalue weighted by Gasteiger charge is 2.13. The van der Waals surface area contributed by atoms with E-state index in [1.807, 2.05) is 42.6 Å². The fourth-order valence-corrected chi connectivity index (χ4v) is 2.27. The number of carbonyl (C=O) groups excluding carboxylic acids is 1. The van der Waals surface area contributed by atoms with E-state index in [9.17, 15) is 4.79 Å². The predicted octanol–water partition coefficient (Wildman–Crippen LogP) is 3.36. The van der Waals surface area contributed by atoms with E-state index in [1.165, 1.54) is 11.3 Å². The summed E-state index contributed by atoms with van der Waals surface area (Å²) in [6.45, 7) is 2.00. The third kappa shape index (κ3) is 2.60. The van der Waals surface area contributed by atoms with Crippen LogP contribution in [0.3, 0.4) is 0 Å². The summed E-state index contributed by atoms with van der Waals surface area (Å²) >= 11 is 1.35. The van der Waals surface area contributed by atoms with Gasteiger partial charge in [-0.2, -0.15) is 0 Å². The van der Waals surface area contributed by atoms with E-state index in [0.717, 1.165) is 11.1 Å². The fourth-order valence-electron chi connectivity index (χ4n) is 1.65. The molecule has 2 heterocycles. The summed E-state index contributed by atoms with van der Waals surface area (Å²) in [6.07, 6.45) is 0. The van der Waals surface area contributed by atoms with Gasteiger partial charge in [0.1, 0.15) is 0 Å². The third-order valence-corrected chi connectivity index (χ3v) is 3.56. The van der Waals surface area contributed by atoms with Crippen LogP contribution in [0.4, 0.5) is 6.01 Å². The van der Waals surface area contributed by atoms with Gasteiger partial charge in [0, 0.05) is 5.56 Å². The van der Waals surface area contributed by atoms with E-state index in [2.05, 4.69) is 15.5 Å². The average Bonchev–Trinajstić information content (AvgIpc) is 3.10. The molecule has 0 saturated heterocycles. The molecule has 0 fully saturated rings. The van der Waals surface area contributed by atoms with Crippen molar-refractivity contribution in [2.24, 2.45) is 0 Å². The molecule has 0 atom stereocenters. The Hall–Kier alpha value is -2.47. The molecule has 0 bridgehead atoms. The largest absolute Gasteiger partial charge is 0.403 e. The van der Waals surface area contributed by atoms with E-state index < -0.39 is 0 Å². The van der Waals surface area contributed by atoms with E-state index in [0.29, 0.717) is 10.8 Å². The lowest BCUT2D eigenvalue weighted by atomic mass is 10.1. The molecule has 100 valence electrons. The van der Waals surface area contributed by atoms with Crippen molar-refractivity contribution in [1.82, 2.24) is 10.2 Å². The number of amides is 1. The van der Waals surface area contributed by atoms with Crippen molar-refractivity contribution in [3.8, 4) is 11.5 Å². The van der Waals surface area contributed by atoms with Crippen LogP contribution in [0.2, 0.25) is 0 Å². The van der Waals surface area contributed by atoms with Gasteiger partial charge >= 0.3 is 6.01 Å². The van der Waals surface area contributed by atoms with Crippen LogP contribution in [0.25, 0.3) is 11.5 Å². The van der Waals surface area contributed by atoms with E-state index in [-0.39, 0.29) is 11.9 Å². The molecule has 20 heavy (non-hydrogen) atoms. The van der Waals surface area contributed by atoms with Crippen molar-refractivity contribution in [1.29, 1.82) is 0 Å².